The van der Waals surface area contributed by atoms with Gasteiger partial charge in [-0.15, -0.1) is 11.3 Å². The highest BCUT2D eigenvalue weighted by molar-refractivity contribution is 7.91. The van der Waals surface area contributed by atoms with Gasteiger partial charge in [0.15, 0.2) is 9.90 Å². The van der Waals surface area contributed by atoms with Crippen molar-refractivity contribution in [2.75, 3.05) is 27.2 Å². The van der Waals surface area contributed by atoms with E-state index in [0.717, 1.165) is 5.51 Å². The maximum atomic E-state index is 11.9. The van der Waals surface area contributed by atoms with E-state index in [0.29, 0.717) is 11.3 Å². The minimum Gasteiger partial charge on any atom is -0.476 e. The molecule has 1 rings (SSSR count). The highest BCUT2D eigenvalue weighted by Gasteiger charge is 2.25. The van der Waals surface area contributed by atoms with Crippen molar-refractivity contribution >= 4 is 33.4 Å². The average Bonchev–Trinajstić information content (AvgIpc) is 2.84. The molecule has 0 bridgehead atoms. The minimum absolute atomic E-state index is 0.0567. The zero-order valence-electron chi connectivity index (χ0n) is 10.8. The number of carboxylic acid groups (broad SMARTS) is 1. The van der Waals surface area contributed by atoms with Gasteiger partial charge < -0.3 is 15.3 Å². The van der Waals surface area contributed by atoms with Crippen LogP contribution in [0.2, 0.25) is 0 Å². The quantitative estimate of drug-likeness (QED) is 0.599. The third-order valence-electron chi connectivity index (χ3n) is 2.08. The Morgan fingerprint density at radius 2 is 2.05 bits per heavy atom. The van der Waals surface area contributed by atoms with Gasteiger partial charge in [-0.3, -0.25) is 0 Å². The molecule has 1 aromatic heterocycles. The van der Waals surface area contributed by atoms with E-state index in [9.17, 15) is 18.0 Å². The van der Waals surface area contributed by atoms with E-state index in [1.165, 1.54) is 4.90 Å². The lowest BCUT2D eigenvalue weighted by Crippen LogP contribution is -2.39. The van der Waals surface area contributed by atoms with Gasteiger partial charge in [0.1, 0.15) is 0 Å². The molecule has 1 heterocycles. The van der Waals surface area contributed by atoms with Crippen LogP contribution in [-0.2, 0) is 10.0 Å². The Bertz CT molecular complexity index is 595. The van der Waals surface area contributed by atoms with Crippen LogP contribution in [0.5, 0.6) is 0 Å². The van der Waals surface area contributed by atoms with Gasteiger partial charge in [0.05, 0.1) is 5.51 Å². The SMILES string of the molecule is CN(C)C(=O)NCCNS(=O)(=O)c1scnc1C(=O)O. The van der Waals surface area contributed by atoms with E-state index in [1.807, 2.05) is 0 Å². The second-order valence-electron chi connectivity index (χ2n) is 3.82. The molecule has 0 saturated carbocycles. The predicted molar refractivity (Wildman–Crippen MR) is 71.3 cm³/mol. The third-order valence-corrected chi connectivity index (χ3v) is 4.91. The number of amides is 2. The first kappa shape index (κ1) is 16.3. The number of hydrogen-bond acceptors (Lipinski definition) is 6. The Hall–Kier alpha value is -1.72. The van der Waals surface area contributed by atoms with Crippen LogP contribution in [0.3, 0.4) is 0 Å². The first-order chi connectivity index (χ1) is 9.25. The summed E-state index contributed by atoms with van der Waals surface area (Å²) in [7, 11) is -0.847. The van der Waals surface area contributed by atoms with Gasteiger partial charge in [-0.1, -0.05) is 0 Å². The molecule has 0 atom stereocenters. The fourth-order valence-corrected chi connectivity index (χ4v) is 3.36. The molecule has 20 heavy (non-hydrogen) atoms. The molecule has 0 radical (unpaired) electrons. The van der Waals surface area contributed by atoms with Crippen molar-refractivity contribution in [3.63, 3.8) is 0 Å². The molecule has 0 aliphatic rings. The molecule has 1 aromatic rings. The van der Waals surface area contributed by atoms with E-state index < -0.39 is 21.7 Å². The number of hydrogen-bond donors (Lipinski definition) is 3. The van der Waals surface area contributed by atoms with E-state index in [2.05, 4.69) is 15.0 Å². The van der Waals surface area contributed by atoms with Gasteiger partial charge in [-0.2, -0.15) is 0 Å². The van der Waals surface area contributed by atoms with E-state index >= 15 is 0 Å². The predicted octanol–water partition coefficient (Wildman–Crippen LogP) is -0.609. The van der Waals surface area contributed by atoms with Crippen LogP contribution in [-0.4, -0.2) is 62.6 Å². The van der Waals surface area contributed by atoms with Gasteiger partial charge >= 0.3 is 12.0 Å². The number of sulfonamides is 1. The monoisotopic (exact) mass is 322 g/mol. The molecule has 2 amide bonds. The van der Waals surface area contributed by atoms with Crippen molar-refractivity contribution in [2.24, 2.45) is 0 Å². The molecule has 0 aromatic carbocycles. The highest BCUT2D eigenvalue weighted by atomic mass is 32.2. The summed E-state index contributed by atoms with van der Waals surface area (Å²) in [6.45, 7) is 0.0241. The fourth-order valence-electron chi connectivity index (χ4n) is 1.15. The maximum absolute atomic E-state index is 11.9. The van der Waals surface area contributed by atoms with Gasteiger partial charge in [0, 0.05) is 27.2 Å². The highest BCUT2D eigenvalue weighted by Crippen LogP contribution is 2.19. The number of carbonyl (C=O) groups is 2. The Morgan fingerprint density at radius 3 is 2.60 bits per heavy atom. The molecule has 0 spiro atoms. The molecule has 0 fully saturated rings. The summed E-state index contributed by atoms with van der Waals surface area (Å²) in [6.07, 6.45) is 0. The van der Waals surface area contributed by atoms with Crippen LogP contribution >= 0.6 is 11.3 Å². The summed E-state index contributed by atoms with van der Waals surface area (Å²) >= 11 is 0.716. The molecule has 9 nitrogen and oxygen atoms in total. The van der Waals surface area contributed by atoms with Crippen LogP contribution < -0.4 is 10.0 Å². The van der Waals surface area contributed by atoms with Crippen molar-refractivity contribution in [3.05, 3.63) is 11.2 Å². The van der Waals surface area contributed by atoms with Crippen LogP contribution in [0.25, 0.3) is 0 Å². The summed E-state index contributed by atoms with van der Waals surface area (Å²) in [4.78, 5) is 26.8. The fraction of sp³-hybridized carbons (Fsp3) is 0.444. The van der Waals surface area contributed by atoms with Crippen LogP contribution in [0, 0.1) is 0 Å². The molecule has 112 valence electrons. The van der Waals surface area contributed by atoms with E-state index in [1.54, 1.807) is 14.1 Å². The number of nitrogens with zero attached hydrogens (tertiary/aromatic N) is 2. The number of aromatic carboxylic acids is 1. The van der Waals surface area contributed by atoms with Crippen LogP contribution in [0.1, 0.15) is 10.5 Å². The number of nitrogens with one attached hydrogen (secondary N) is 2. The minimum atomic E-state index is -3.95. The largest absolute Gasteiger partial charge is 0.476 e. The maximum Gasteiger partial charge on any atom is 0.356 e. The van der Waals surface area contributed by atoms with Gasteiger partial charge in [-0.05, 0) is 0 Å². The molecule has 0 unspecified atom stereocenters. The summed E-state index contributed by atoms with van der Waals surface area (Å²) in [5.74, 6) is -1.41. The lowest BCUT2D eigenvalue weighted by atomic mass is 10.5. The van der Waals surface area contributed by atoms with Crippen molar-refractivity contribution < 1.29 is 23.1 Å². The standard InChI is InChI=1S/C9H14N4O5S2/c1-13(2)9(16)10-3-4-12-20(17,18)8-6(7(14)15)11-5-19-8/h5,12H,3-4H2,1-2H3,(H,10,16)(H,14,15). The van der Waals surface area contributed by atoms with Crippen molar-refractivity contribution in [3.8, 4) is 0 Å². The molecular formula is C9H14N4O5S2. The van der Waals surface area contributed by atoms with E-state index in [4.69, 9.17) is 5.11 Å². The first-order valence-electron chi connectivity index (χ1n) is 5.37. The van der Waals surface area contributed by atoms with Crippen molar-refractivity contribution in [2.45, 2.75) is 4.21 Å². The average molecular weight is 322 g/mol. The second kappa shape index (κ2) is 6.63. The van der Waals surface area contributed by atoms with Crippen molar-refractivity contribution in [1.29, 1.82) is 0 Å². The lowest BCUT2D eigenvalue weighted by molar-refractivity contribution is 0.0687. The summed E-state index contributed by atoms with van der Waals surface area (Å²) in [6, 6.07) is -0.354. The number of aromatic nitrogens is 1. The molecule has 0 aliphatic carbocycles. The van der Waals surface area contributed by atoms with Crippen molar-refractivity contribution in [1.82, 2.24) is 19.9 Å². The lowest BCUT2D eigenvalue weighted by Gasteiger charge is -2.12. The van der Waals surface area contributed by atoms with Gasteiger partial charge in [-0.25, -0.2) is 27.7 Å². The molecule has 11 heteroatoms. The molecule has 0 aliphatic heterocycles. The molecular weight excluding hydrogens is 308 g/mol. The Balaban J connectivity index is 2.61. The summed E-state index contributed by atoms with van der Waals surface area (Å²) < 4.78 is 25.6. The second-order valence-corrected chi connectivity index (χ2v) is 6.63. The summed E-state index contributed by atoms with van der Waals surface area (Å²) in [5.41, 5.74) is 0.631. The third kappa shape index (κ3) is 4.15. The number of rotatable bonds is 6. The van der Waals surface area contributed by atoms with E-state index in [-0.39, 0.29) is 23.3 Å². The smallest absolute Gasteiger partial charge is 0.356 e. The van der Waals surface area contributed by atoms with Gasteiger partial charge in [0.25, 0.3) is 10.0 Å². The normalized spacial score (nSPS) is 11.1. The number of carbonyl (C=O) groups excluding carboxylic acids is 1. The Morgan fingerprint density at radius 1 is 1.40 bits per heavy atom. The first-order valence-corrected chi connectivity index (χ1v) is 7.73. The van der Waals surface area contributed by atoms with Gasteiger partial charge in [0.2, 0.25) is 0 Å². The zero-order valence-corrected chi connectivity index (χ0v) is 12.4. The number of urea groups is 1. The molecule has 3 N–H and O–H groups in total. The molecule has 0 saturated heterocycles. The number of thiazole rings is 1. The van der Waals surface area contributed by atoms with Crippen LogP contribution in [0.4, 0.5) is 4.79 Å². The van der Waals surface area contributed by atoms with Crippen LogP contribution in [0.15, 0.2) is 9.72 Å². The zero-order chi connectivity index (χ0) is 15.3. The Kier molecular flexibility index (Phi) is 5.42. The summed E-state index contributed by atoms with van der Waals surface area (Å²) in [5, 5.41) is 11.3. The Labute approximate surface area is 119 Å². The topological polar surface area (TPSA) is 129 Å². The number of carboxylic acids is 1.